The number of carbonyl (C=O) groups excluding carboxylic acids is 2. The van der Waals surface area contributed by atoms with Crippen molar-refractivity contribution in [2.24, 2.45) is 0 Å². The number of anilines is 1. The first-order valence-electron chi connectivity index (χ1n) is 9.73. The van der Waals surface area contributed by atoms with Crippen molar-refractivity contribution in [2.75, 3.05) is 18.9 Å². The molecule has 3 aromatic rings. The molecule has 6 nitrogen and oxygen atoms in total. The SMILES string of the molecule is CN(CCc1c[nH]c2ccc(NC(=O)c3ccc(F)cc3)cc12)C(=O)OC(C)(C)C. The molecule has 30 heavy (non-hydrogen) atoms. The number of rotatable bonds is 5. The quantitative estimate of drug-likeness (QED) is 0.623. The van der Waals surface area contributed by atoms with Gasteiger partial charge in [-0.1, -0.05) is 0 Å². The fourth-order valence-electron chi connectivity index (χ4n) is 2.99. The number of halogens is 1. The van der Waals surface area contributed by atoms with E-state index in [1.165, 1.54) is 24.3 Å². The van der Waals surface area contributed by atoms with Gasteiger partial charge in [0.1, 0.15) is 11.4 Å². The van der Waals surface area contributed by atoms with Crippen LogP contribution in [0.4, 0.5) is 14.9 Å². The van der Waals surface area contributed by atoms with Crippen LogP contribution >= 0.6 is 0 Å². The summed E-state index contributed by atoms with van der Waals surface area (Å²) in [6.07, 6.45) is 2.17. The third-order valence-electron chi connectivity index (χ3n) is 4.55. The van der Waals surface area contributed by atoms with Crippen LogP contribution in [0.1, 0.15) is 36.7 Å². The molecule has 1 heterocycles. The highest BCUT2D eigenvalue weighted by Gasteiger charge is 2.19. The van der Waals surface area contributed by atoms with Crippen LogP contribution in [0.5, 0.6) is 0 Å². The van der Waals surface area contributed by atoms with Gasteiger partial charge in [-0.2, -0.15) is 0 Å². The molecule has 0 fully saturated rings. The monoisotopic (exact) mass is 411 g/mol. The number of carbonyl (C=O) groups is 2. The zero-order valence-electron chi connectivity index (χ0n) is 17.6. The molecule has 0 saturated heterocycles. The standard InChI is InChI=1S/C23H26FN3O3/c1-23(2,3)30-22(29)27(4)12-11-16-14-25-20-10-9-18(13-19(16)20)26-21(28)15-5-7-17(24)8-6-15/h5-10,13-14,25H,11-12H2,1-4H3,(H,26,28). The van der Waals surface area contributed by atoms with Gasteiger partial charge in [0, 0.05) is 41.9 Å². The Morgan fingerprint density at radius 3 is 2.50 bits per heavy atom. The Morgan fingerprint density at radius 2 is 1.83 bits per heavy atom. The number of aromatic nitrogens is 1. The second-order valence-corrected chi connectivity index (χ2v) is 8.19. The Bertz CT molecular complexity index is 1050. The first kappa shape index (κ1) is 21.4. The lowest BCUT2D eigenvalue weighted by atomic mass is 10.1. The maximum Gasteiger partial charge on any atom is 0.410 e. The molecule has 158 valence electrons. The van der Waals surface area contributed by atoms with E-state index in [9.17, 15) is 14.0 Å². The summed E-state index contributed by atoms with van der Waals surface area (Å²) in [5, 5.41) is 3.80. The second-order valence-electron chi connectivity index (χ2n) is 8.19. The molecule has 0 saturated carbocycles. The summed E-state index contributed by atoms with van der Waals surface area (Å²) < 4.78 is 18.4. The minimum atomic E-state index is -0.538. The van der Waals surface area contributed by atoms with Crippen molar-refractivity contribution in [2.45, 2.75) is 32.8 Å². The summed E-state index contributed by atoms with van der Waals surface area (Å²) in [5.41, 5.74) is 2.44. The smallest absolute Gasteiger partial charge is 0.410 e. The largest absolute Gasteiger partial charge is 0.444 e. The highest BCUT2D eigenvalue weighted by Crippen LogP contribution is 2.23. The van der Waals surface area contributed by atoms with Gasteiger partial charge in [-0.3, -0.25) is 4.79 Å². The fourth-order valence-corrected chi connectivity index (χ4v) is 2.99. The zero-order chi connectivity index (χ0) is 21.9. The molecule has 0 atom stereocenters. The summed E-state index contributed by atoms with van der Waals surface area (Å²) in [4.78, 5) is 29.3. The number of nitrogens with zero attached hydrogens (tertiary/aromatic N) is 1. The fraction of sp³-hybridized carbons (Fsp3) is 0.304. The molecule has 1 aromatic heterocycles. The lowest BCUT2D eigenvalue weighted by molar-refractivity contribution is 0.0300. The van der Waals surface area contributed by atoms with Gasteiger partial charge in [0.05, 0.1) is 0 Å². The molecule has 2 aromatic carbocycles. The average Bonchev–Trinajstić information content (AvgIpc) is 3.07. The van der Waals surface area contributed by atoms with E-state index in [1.54, 1.807) is 18.0 Å². The van der Waals surface area contributed by atoms with E-state index in [0.717, 1.165) is 16.5 Å². The van der Waals surface area contributed by atoms with Crippen molar-refractivity contribution < 1.29 is 18.7 Å². The predicted octanol–water partition coefficient (Wildman–Crippen LogP) is 4.97. The topological polar surface area (TPSA) is 74.4 Å². The van der Waals surface area contributed by atoms with Gasteiger partial charge in [0.2, 0.25) is 0 Å². The van der Waals surface area contributed by atoms with Crippen molar-refractivity contribution >= 4 is 28.6 Å². The van der Waals surface area contributed by atoms with Gasteiger partial charge < -0.3 is 19.9 Å². The number of hydrogen-bond donors (Lipinski definition) is 2. The Kier molecular flexibility index (Phi) is 6.10. The third-order valence-corrected chi connectivity index (χ3v) is 4.55. The highest BCUT2D eigenvalue weighted by atomic mass is 19.1. The molecule has 0 unspecified atom stereocenters. The summed E-state index contributed by atoms with van der Waals surface area (Å²) in [7, 11) is 1.71. The average molecular weight is 411 g/mol. The van der Waals surface area contributed by atoms with E-state index >= 15 is 0 Å². The van der Waals surface area contributed by atoms with Crippen molar-refractivity contribution in [3.63, 3.8) is 0 Å². The van der Waals surface area contributed by atoms with Crippen molar-refractivity contribution in [3.05, 3.63) is 65.6 Å². The van der Waals surface area contributed by atoms with Gasteiger partial charge in [0.15, 0.2) is 0 Å². The van der Waals surface area contributed by atoms with E-state index in [2.05, 4.69) is 10.3 Å². The number of ether oxygens (including phenoxy) is 1. The maximum atomic E-state index is 13.1. The number of nitrogens with one attached hydrogen (secondary N) is 2. The predicted molar refractivity (Wildman–Crippen MR) is 115 cm³/mol. The van der Waals surface area contributed by atoms with Crippen LogP contribution in [0.3, 0.4) is 0 Å². The summed E-state index contributed by atoms with van der Waals surface area (Å²) in [5.74, 6) is -0.697. The number of fused-ring (bicyclic) bond motifs is 1. The maximum absolute atomic E-state index is 13.1. The molecule has 0 bridgehead atoms. The first-order valence-corrected chi connectivity index (χ1v) is 9.73. The molecule has 3 rings (SSSR count). The van der Waals surface area contributed by atoms with Gasteiger partial charge in [-0.05, 0) is 75.2 Å². The Labute approximate surface area is 175 Å². The minimum absolute atomic E-state index is 0.309. The first-order chi connectivity index (χ1) is 14.1. The van der Waals surface area contributed by atoms with Crippen LogP contribution in [-0.2, 0) is 11.2 Å². The summed E-state index contributed by atoms with van der Waals surface area (Å²) in [6.45, 7) is 5.99. The molecule has 0 aliphatic heterocycles. The molecular formula is C23H26FN3O3. The zero-order valence-corrected chi connectivity index (χ0v) is 17.6. The van der Waals surface area contributed by atoms with E-state index in [0.29, 0.717) is 24.2 Å². The highest BCUT2D eigenvalue weighted by molar-refractivity contribution is 6.05. The molecule has 2 amide bonds. The molecule has 0 aliphatic carbocycles. The molecule has 7 heteroatoms. The van der Waals surface area contributed by atoms with Crippen LogP contribution in [0.15, 0.2) is 48.7 Å². The summed E-state index contributed by atoms with van der Waals surface area (Å²) >= 11 is 0. The van der Waals surface area contributed by atoms with Gasteiger partial charge in [-0.25, -0.2) is 9.18 Å². The third kappa shape index (κ3) is 5.37. The molecule has 0 aliphatic rings. The normalized spacial score (nSPS) is 11.4. The van der Waals surface area contributed by atoms with E-state index in [1.807, 2.05) is 39.1 Å². The number of likely N-dealkylation sites (N-methyl/N-ethyl adjacent to an activating group) is 1. The number of aromatic amines is 1. The Hall–Kier alpha value is -3.35. The van der Waals surface area contributed by atoms with Crippen molar-refractivity contribution in [1.29, 1.82) is 0 Å². The van der Waals surface area contributed by atoms with Crippen LogP contribution in [0, 0.1) is 5.82 Å². The van der Waals surface area contributed by atoms with E-state index < -0.39 is 5.60 Å². The van der Waals surface area contributed by atoms with Gasteiger partial charge >= 0.3 is 6.09 Å². The number of H-pyrrole nitrogens is 1. The van der Waals surface area contributed by atoms with Gasteiger partial charge in [-0.15, -0.1) is 0 Å². The minimum Gasteiger partial charge on any atom is -0.444 e. The number of hydrogen-bond acceptors (Lipinski definition) is 3. The van der Waals surface area contributed by atoms with Gasteiger partial charge in [0.25, 0.3) is 5.91 Å². The second kappa shape index (κ2) is 8.57. The van der Waals surface area contributed by atoms with Crippen molar-refractivity contribution in [1.82, 2.24) is 9.88 Å². The molecule has 2 N–H and O–H groups in total. The number of amides is 2. The van der Waals surface area contributed by atoms with Crippen molar-refractivity contribution in [3.8, 4) is 0 Å². The van der Waals surface area contributed by atoms with E-state index in [-0.39, 0.29) is 17.8 Å². The Morgan fingerprint density at radius 1 is 1.13 bits per heavy atom. The lowest BCUT2D eigenvalue weighted by Crippen LogP contribution is -2.35. The van der Waals surface area contributed by atoms with Crippen LogP contribution in [0.25, 0.3) is 10.9 Å². The van der Waals surface area contributed by atoms with Crippen LogP contribution in [0.2, 0.25) is 0 Å². The van der Waals surface area contributed by atoms with Crippen LogP contribution < -0.4 is 5.32 Å². The summed E-state index contributed by atoms with van der Waals surface area (Å²) in [6, 6.07) is 11.0. The molecule has 0 spiro atoms. The number of benzene rings is 2. The molecular weight excluding hydrogens is 385 g/mol. The Balaban J connectivity index is 1.69. The van der Waals surface area contributed by atoms with Crippen LogP contribution in [-0.4, -0.2) is 41.1 Å². The lowest BCUT2D eigenvalue weighted by Gasteiger charge is -2.24. The van der Waals surface area contributed by atoms with E-state index in [4.69, 9.17) is 4.74 Å². The molecule has 0 radical (unpaired) electrons.